The van der Waals surface area contributed by atoms with Crippen LogP contribution in [0.3, 0.4) is 0 Å². The zero-order valence-corrected chi connectivity index (χ0v) is 17.1. The van der Waals surface area contributed by atoms with Gasteiger partial charge >= 0.3 is 0 Å². The Kier molecular flexibility index (Phi) is 5.23. The third-order valence-corrected chi connectivity index (χ3v) is 5.45. The Labute approximate surface area is 181 Å². The van der Waals surface area contributed by atoms with E-state index in [1.165, 1.54) is 5.56 Å². The van der Waals surface area contributed by atoms with Crippen molar-refractivity contribution < 1.29 is 9.53 Å². The van der Waals surface area contributed by atoms with E-state index in [1.54, 1.807) is 0 Å². The van der Waals surface area contributed by atoms with Gasteiger partial charge in [-0.3, -0.25) is 4.79 Å². The topological polar surface area (TPSA) is 56.1 Å². The fourth-order valence-corrected chi connectivity index (χ4v) is 3.88. The van der Waals surface area contributed by atoms with Crippen molar-refractivity contribution in [3.63, 3.8) is 0 Å². The molecule has 1 amide bonds. The van der Waals surface area contributed by atoms with Gasteiger partial charge in [0.2, 0.25) is 5.91 Å². The van der Waals surface area contributed by atoms with E-state index in [0.717, 1.165) is 46.8 Å². The maximum Gasteiger partial charge on any atom is 0.224 e. The van der Waals surface area contributed by atoms with Crippen molar-refractivity contribution in [3.8, 4) is 22.7 Å². The summed E-state index contributed by atoms with van der Waals surface area (Å²) in [5.41, 5.74) is 6.05. The Bertz CT molecular complexity index is 1200. The van der Waals surface area contributed by atoms with Crippen LogP contribution in [0.25, 0.3) is 16.9 Å². The van der Waals surface area contributed by atoms with Crippen molar-refractivity contribution in [1.82, 2.24) is 15.1 Å². The molecular formula is C26H23N3O2. The molecule has 0 saturated carbocycles. The molecule has 0 aliphatic carbocycles. The molecule has 3 aromatic carbocycles. The number of fused-ring (bicyclic) bond motifs is 1. The fourth-order valence-electron chi connectivity index (χ4n) is 3.88. The van der Waals surface area contributed by atoms with Gasteiger partial charge in [-0.2, -0.15) is 5.10 Å². The molecule has 5 heteroatoms. The second-order valence-electron chi connectivity index (χ2n) is 7.64. The van der Waals surface area contributed by atoms with Gasteiger partial charge in [-0.15, -0.1) is 0 Å². The molecule has 0 bridgehead atoms. The van der Waals surface area contributed by atoms with E-state index in [9.17, 15) is 4.79 Å². The van der Waals surface area contributed by atoms with Crippen LogP contribution < -0.4 is 10.1 Å². The van der Waals surface area contributed by atoms with Gasteiger partial charge in [0.15, 0.2) is 0 Å². The Hall–Kier alpha value is -3.86. The van der Waals surface area contributed by atoms with E-state index in [2.05, 4.69) is 11.4 Å². The van der Waals surface area contributed by atoms with Crippen LogP contribution in [0.5, 0.6) is 5.75 Å². The summed E-state index contributed by atoms with van der Waals surface area (Å²) in [4.78, 5) is 12.6. The molecule has 0 fully saturated rings. The number of hydrogen-bond acceptors (Lipinski definition) is 3. The lowest BCUT2D eigenvalue weighted by atomic mass is 10.1. The average molecular weight is 409 g/mol. The predicted molar refractivity (Wildman–Crippen MR) is 120 cm³/mol. The van der Waals surface area contributed by atoms with Crippen LogP contribution in [-0.2, 0) is 24.2 Å². The molecule has 0 radical (unpaired) electrons. The Morgan fingerprint density at radius 1 is 1.00 bits per heavy atom. The first-order chi connectivity index (χ1) is 15.3. The number of rotatable bonds is 6. The van der Waals surface area contributed by atoms with Gasteiger partial charge in [-0.05, 0) is 29.3 Å². The van der Waals surface area contributed by atoms with Crippen molar-refractivity contribution in [2.24, 2.45) is 0 Å². The largest absolute Gasteiger partial charge is 0.493 e. The number of carbonyl (C=O) groups excluding carboxylic acids is 1. The number of ether oxygens (including phenoxy) is 1. The van der Waals surface area contributed by atoms with Crippen molar-refractivity contribution in [2.45, 2.75) is 19.4 Å². The summed E-state index contributed by atoms with van der Waals surface area (Å²) in [7, 11) is 0. The van der Waals surface area contributed by atoms with E-state index in [0.29, 0.717) is 13.0 Å². The van der Waals surface area contributed by atoms with Crippen LogP contribution in [0.1, 0.15) is 16.7 Å². The highest BCUT2D eigenvalue weighted by atomic mass is 16.5. The number of para-hydroxylation sites is 1. The first kappa shape index (κ1) is 19.1. The standard InChI is InChI=1S/C26H23N3O2/c30-25(16-19-11-12-24-21(15-19)13-14-31-24)27-17-22-18-29(23-9-5-2-6-10-23)28-26(22)20-7-3-1-4-8-20/h1-12,15,18H,13-14,16-17H2,(H,27,30). The summed E-state index contributed by atoms with van der Waals surface area (Å²) in [6.45, 7) is 1.14. The van der Waals surface area contributed by atoms with Crippen LogP contribution in [0.2, 0.25) is 0 Å². The lowest BCUT2D eigenvalue weighted by Gasteiger charge is -2.07. The number of amides is 1. The van der Waals surface area contributed by atoms with Crippen LogP contribution in [-0.4, -0.2) is 22.3 Å². The Balaban J connectivity index is 1.34. The smallest absolute Gasteiger partial charge is 0.224 e. The molecule has 31 heavy (non-hydrogen) atoms. The summed E-state index contributed by atoms with van der Waals surface area (Å²) < 4.78 is 7.41. The van der Waals surface area contributed by atoms with Crippen molar-refractivity contribution >= 4 is 5.91 Å². The normalized spacial score (nSPS) is 12.3. The van der Waals surface area contributed by atoms with Gasteiger partial charge in [0.25, 0.3) is 0 Å². The van der Waals surface area contributed by atoms with Crippen molar-refractivity contribution in [1.29, 1.82) is 0 Å². The molecular weight excluding hydrogens is 386 g/mol. The van der Waals surface area contributed by atoms with Crippen LogP contribution in [0.4, 0.5) is 0 Å². The first-order valence-electron chi connectivity index (χ1n) is 10.5. The zero-order valence-electron chi connectivity index (χ0n) is 17.1. The van der Waals surface area contributed by atoms with Gasteiger partial charge in [0.05, 0.1) is 24.4 Å². The molecule has 0 spiro atoms. The predicted octanol–water partition coefficient (Wildman–Crippen LogP) is 4.33. The molecule has 1 aromatic heterocycles. The van der Waals surface area contributed by atoms with Crippen LogP contribution in [0.15, 0.2) is 85.1 Å². The fraction of sp³-hybridized carbons (Fsp3) is 0.154. The third-order valence-electron chi connectivity index (χ3n) is 5.45. The van der Waals surface area contributed by atoms with E-state index in [1.807, 2.05) is 83.7 Å². The first-order valence-corrected chi connectivity index (χ1v) is 10.5. The number of hydrogen-bond donors (Lipinski definition) is 1. The maximum atomic E-state index is 12.6. The second-order valence-corrected chi connectivity index (χ2v) is 7.64. The highest BCUT2D eigenvalue weighted by molar-refractivity contribution is 5.79. The number of nitrogens with zero attached hydrogens (tertiary/aromatic N) is 2. The molecule has 0 saturated heterocycles. The second kappa shape index (κ2) is 8.48. The number of carbonyl (C=O) groups is 1. The molecule has 1 aliphatic rings. The van der Waals surface area contributed by atoms with Gasteiger partial charge in [-0.1, -0.05) is 60.7 Å². The summed E-state index contributed by atoms with van der Waals surface area (Å²) in [6.07, 6.45) is 3.25. The number of nitrogens with one attached hydrogen (secondary N) is 1. The zero-order chi connectivity index (χ0) is 21.0. The average Bonchev–Trinajstić information content (AvgIpc) is 3.46. The highest BCUT2D eigenvalue weighted by Crippen LogP contribution is 2.26. The third kappa shape index (κ3) is 4.21. The number of benzene rings is 3. The molecule has 2 heterocycles. The monoisotopic (exact) mass is 409 g/mol. The quantitative estimate of drug-likeness (QED) is 0.516. The molecule has 5 rings (SSSR count). The van der Waals surface area contributed by atoms with Gasteiger partial charge in [0.1, 0.15) is 5.75 Å². The van der Waals surface area contributed by atoms with Crippen LogP contribution >= 0.6 is 0 Å². The minimum atomic E-state index is -0.00895. The molecule has 154 valence electrons. The molecule has 0 unspecified atom stereocenters. The lowest BCUT2D eigenvalue weighted by Crippen LogP contribution is -2.24. The SMILES string of the molecule is O=C(Cc1ccc2c(c1)CCO2)NCc1cn(-c2ccccc2)nc1-c1ccccc1. The molecule has 1 N–H and O–H groups in total. The van der Waals surface area contributed by atoms with E-state index < -0.39 is 0 Å². The van der Waals surface area contributed by atoms with Crippen molar-refractivity contribution in [2.75, 3.05) is 6.61 Å². The molecule has 5 nitrogen and oxygen atoms in total. The molecule has 4 aromatic rings. The summed E-state index contributed by atoms with van der Waals surface area (Å²) >= 11 is 0. The van der Waals surface area contributed by atoms with E-state index in [4.69, 9.17) is 9.84 Å². The summed E-state index contributed by atoms with van der Waals surface area (Å²) in [6, 6.07) is 26.0. The summed E-state index contributed by atoms with van der Waals surface area (Å²) in [5, 5.41) is 7.87. The lowest BCUT2D eigenvalue weighted by molar-refractivity contribution is -0.120. The molecule has 1 aliphatic heterocycles. The summed E-state index contributed by atoms with van der Waals surface area (Å²) in [5.74, 6) is 0.926. The van der Waals surface area contributed by atoms with Crippen LogP contribution in [0, 0.1) is 0 Å². The van der Waals surface area contributed by atoms with E-state index in [-0.39, 0.29) is 5.91 Å². The van der Waals surface area contributed by atoms with E-state index >= 15 is 0 Å². The molecule has 0 atom stereocenters. The van der Waals surface area contributed by atoms with Gasteiger partial charge in [0, 0.05) is 30.3 Å². The van der Waals surface area contributed by atoms with Gasteiger partial charge in [-0.25, -0.2) is 4.68 Å². The number of aromatic nitrogens is 2. The van der Waals surface area contributed by atoms with Gasteiger partial charge < -0.3 is 10.1 Å². The minimum absolute atomic E-state index is 0.00895. The highest BCUT2D eigenvalue weighted by Gasteiger charge is 2.15. The minimum Gasteiger partial charge on any atom is -0.493 e. The Morgan fingerprint density at radius 3 is 2.58 bits per heavy atom. The maximum absolute atomic E-state index is 12.6. The Morgan fingerprint density at radius 2 is 1.77 bits per heavy atom. The van der Waals surface area contributed by atoms with Crippen molar-refractivity contribution in [3.05, 3.63) is 102 Å².